The van der Waals surface area contributed by atoms with Crippen LogP contribution in [0.4, 0.5) is 5.82 Å². The molecule has 6 heteroatoms. The van der Waals surface area contributed by atoms with Crippen LogP contribution in [-0.2, 0) is 9.47 Å². The molecule has 1 aromatic rings. The maximum absolute atomic E-state index is 11.7. The van der Waals surface area contributed by atoms with Gasteiger partial charge in [0.05, 0.1) is 20.3 Å². The Labute approximate surface area is 130 Å². The Morgan fingerprint density at radius 3 is 2.86 bits per heavy atom. The molecule has 1 aromatic heterocycles. The number of esters is 1. The number of hydrogen-bond donors (Lipinski definition) is 1. The number of anilines is 1. The molecule has 3 rings (SSSR count). The number of rotatable bonds is 4. The highest BCUT2D eigenvalue weighted by Crippen LogP contribution is 2.53. The van der Waals surface area contributed by atoms with Gasteiger partial charge in [-0.25, -0.2) is 4.79 Å². The number of nitrogens with one attached hydrogen (secondary N) is 1. The van der Waals surface area contributed by atoms with Gasteiger partial charge in [-0.3, -0.25) is 0 Å². The monoisotopic (exact) mass is 306 g/mol. The second-order valence-electron chi connectivity index (χ2n) is 6.43. The van der Waals surface area contributed by atoms with E-state index in [1.165, 1.54) is 14.2 Å². The molecule has 2 aliphatic rings. The Kier molecular flexibility index (Phi) is 3.72. The fourth-order valence-electron chi connectivity index (χ4n) is 3.72. The number of ether oxygens (including phenoxy) is 3. The van der Waals surface area contributed by atoms with Crippen molar-refractivity contribution < 1.29 is 19.0 Å². The van der Waals surface area contributed by atoms with E-state index in [0.29, 0.717) is 29.4 Å². The first kappa shape index (κ1) is 15.1. The molecule has 2 heterocycles. The highest BCUT2D eigenvalue weighted by Gasteiger charge is 2.59. The van der Waals surface area contributed by atoms with Gasteiger partial charge in [0, 0.05) is 24.0 Å². The Bertz CT molecular complexity index is 588. The Morgan fingerprint density at radius 1 is 1.41 bits per heavy atom. The molecule has 1 saturated heterocycles. The van der Waals surface area contributed by atoms with Gasteiger partial charge < -0.3 is 19.5 Å². The first-order chi connectivity index (χ1) is 10.5. The smallest absolute Gasteiger partial charge is 0.343 e. The van der Waals surface area contributed by atoms with Gasteiger partial charge in [0.1, 0.15) is 11.4 Å². The molecular weight excluding hydrogens is 284 g/mol. The van der Waals surface area contributed by atoms with Crippen LogP contribution in [0.2, 0.25) is 0 Å². The SMILES string of the molecule is COC(=O)c1ccc(N[C@@H]2[C@@H]3CCO[C@H]3C2(C)C)nc1OC. The standard InChI is InChI=1S/C16H22N2O4/c1-16(2)12(9-7-8-22-13(9)16)17-11-6-5-10(15(19)21-4)14(18-11)20-3/h5-6,9,12-13H,7-8H2,1-4H3,(H,17,18)/t9-,12+,13+/m0/s1. The third kappa shape index (κ3) is 2.22. The van der Waals surface area contributed by atoms with Crippen LogP contribution in [-0.4, -0.2) is 43.9 Å². The average Bonchev–Trinajstić information content (AvgIpc) is 2.98. The summed E-state index contributed by atoms with van der Waals surface area (Å²) in [4.78, 5) is 16.1. The van der Waals surface area contributed by atoms with Gasteiger partial charge in [0.15, 0.2) is 0 Å². The van der Waals surface area contributed by atoms with E-state index in [1.54, 1.807) is 12.1 Å². The summed E-state index contributed by atoms with van der Waals surface area (Å²) >= 11 is 0. The van der Waals surface area contributed by atoms with Crippen molar-refractivity contribution in [3.8, 4) is 5.88 Å². The molecule has 1 aliphatic heterocycles. The van der Waals surface area contributed by atoms with Gasteiger partial charge in [-0.15, -0.1) is 0 Å². The minimum atomic E-state index is -0.455. The quantitative estimate of drug-likeness (QED) is 0.859. The number of aromatic nitrogens is 1. The van der Waals surface area contributed by atoms with Gasteiger partial charge in [0.25, 0.3) is 0 Å². The van der Waals surface area contributed by atoms with Crippen LogP contribution in [0.3, 0.4) is 0 Å². The molecule has 0 aromatic carbocycles. The third-order valence-electron chi connectivity index (χ3n) is 4.86. The van der Waals surface area contributed by atoms with Crippen LogP contribution in [0.1, 0.15) is 30.6 Å². The zero-order valence-electron chi connectivity index (χ0n) is 13.4. The minimum Gasteiger partial charge on any atom is -0.480 e. The van der Waals surface area contributed by atoms with Gasteiger partial charge in [-0.1, -0.05) is 13.8 Å². The number of carbonyl (C=O) groups excluding carboxylic acids is 1. The van der Waals surface area contributed by atoms with Crippen molar-refractivity contribution in [3.63, 3.8) is 0 Å². The molecule has 0 amide bonds. The first-order valence-electron chi connectivity index (χ1n) is 7.50. The Morgan fingerprint density at radius 2 is 2.18 bits per heavy atom. The summed E-state index contributed by atoms with van der Waals surface area (Å²) in [6.07, 6.45) is 1.39. The minimum absolute atomic E-state index is 0.0666. The molecule has 2 fully saturated rings. The van der Waals surface area contributed by atoms with Gasteiger partial charge in [-0.2, -0.15) is 4.98 Å². The third-order valence-corrected chi connectivity index (χ3v) is 4.86. The normalized spacial score (nSPS) is 28.5. The molecule has 22 heavy (non-hydrogen) atoms. The van der Waals surface area contributed by atoms with Crippen LogP contribution in [0, 0.1) is 11.3 Å². The largest absolute Gasteiger partial charge is 0.480 e. The summed E-state index contributed by atoms with van der Waals surface area (Å²) in [5, 5.41) is 3.48. The van der Waals surface area contributed by atoms with Crippen molar-refractivity contribution >= 4 is 11.8 Å². The predicted octanol–water partition coefficient (Wildman–Crippen LogP) is 2.10. The first-order valence-corrected chi connectivity index (χ1v) is 7.50. The number of carbonyl (C=O) groups is 1. The number of pyridine rings is 1. The molecule has 1 saturated carbocycles. The summed E-state index contributed by atoms with van der Waals surface area (Å²) in [6, 6.07) is 3.77. The zero-order valence-corrected chi connectivity index (χ0v) is 13.4. The van der Waals surface area contributed by atoms with Crippen LogP contribution >= 0.6 is 0 Å². The van der Waals surface area contributed by atoms with Gasteiger partial charge in [0.2, 0.25) is 5.88 Å². The lowest BCUT2D eigenvalue weighted by molar-refractivity contribution is -0.0924. The van der Waals surface area contributed by atoms with Crippen molar-refractivity contribution in [2.24, 2.45) is 11.3 Å². The lowest BCUT2D eigenvalue weighted by atomic mass is 9.57. The predicted molar refractivity (Wildman–Crippen MR) is 81.2 cm³/mol. The topological polar surface area (TPSA) is 69.7 Å². The van der Waals surface area contributed by atoms with E-state index in [4.69, 9.17) is 14.2 Å². The Hall–Kier alpha value is -1.82. The number of methoxy groups -OCH3 is 2. The molecule has 0 radical (unpaired) electrons. The molecular formula is C16H22N2O4. The summed E-state index contributed by atoms with van der Waals surface area (Å²) in [5.41, 5.74) is 0.391. The van der Waals surface area contributed by atoms with E-state index in [9.17, 15) is 4.79 Å². The van der Waals surface area contributed by atoms with E-state index in [0.717, 1.165) is 13.0 Å². The van der Waals surface area contributed by atoms with Crippen LogP contribution < -0.4 is 10.1 Å². The van der Waals surface area contributed by atoms with Gasteiger partial charge >= 0.3 is 5.97 Å². The second kappa shape index (κ2) is 5.43. The molecule has 6 nitrogen and oxygen atoms in total. The van der Waals surface area contributed by atoms with Crippen LogP contribution in [0.5, 0.6) is 5.88 Å². The number of fused-ring (bicyclic) bond motifs is 1. The maximum Gasteiger partial charge on any atom is 0.343 e. The van der Waals surface area contributed by atoms with Crippen LogP contribution in [0.25, 0.3) is 0 Å². The van der Waals surface area contributed by atoms with Gasteiger partial charge in [-0.05, 0) is 18.6 Å². The van der Waals surface area contributed by atoms with Crippen molar-refractivity contribution in [3.05, 3.63) is 17.7 Å². The van der Waals surface area contributed by atoms with Crippen molar-refractivity contribution in [1.29, 1.82) is 0 Å². The summed E-state index contributed by atoms with van der Waals surface area (Å²) in [6.45, 7) is 5.24. The van der Waals surface area contributed by atoms with Crippen molar-refractivity contribution in [1.82, 2.24) is 4.98 Å². The molecule has 0 unspecified atom stereocenters. The molecule has 120 valence electrons. The number of nitrogens with zero attached hydrogens (tertiary/aromatic N) is 1. The molecule has 3 atom stereocenters. The zero-order chi connectivity index (χ0) is 15.9. The van der Waals surface area contributed by atoms with Crippen molar-refractivity contribution in [2.45, 2.75) is 32.4 Å². The molecule has 1 aliphatic carbocycles. The highest BCUT2D eigenvalue weighted by atomic mass is 16.5. The fourth-order valence-corrected chi connectivity index (χ4v) is 3.72. The maximum atomic E-state index is 11.7. The van der Waals surface area contributed by atoms with E-state index < -0.39 is 5.97 Å². The molecule has 0 spiro atoms. The van der Waals surface area contributed by atoms with E-state index >= 15 is 0 Å². The number of hydrogen-bond acceptors (Lipinski definition) is 6. The average molecular weight is 306 g/mol. The lowest BCUT2D eigenvalue weighted by Gasteiger charge is -2.54. The summed E-state index contributed by atoms with van der Waals surface area (Å²) in [7, 11) is 2.83. The second-order valence-corrected chi connectivity index (χ2v) is 6.43. The summed E-state index contributed by atoms with van der Waals surface area (Å²) in [5.74, 6) is 1.04. The van der Waals surface area contributed by atoms with E-state index in [2.05, 4.69) is 24.1 Å². The lowest BCUT2D eigenvalue weighted by Crippen LogP contribution is -2.63. The Balaban J connectivity index is 1.80. The van der Waals surface area contributed by atoms with E-state index in [-0.39, 0.29) is 11.3 Å². The van der Waals surface area contributed by atoms with E-state index in [1.807, 2.05) is 0 Å². The molecule has 1 N–H and O–H groups in total. The summed E-state index contributed by atoms with van der Waals surface area (Å²) < 4.78 is 15.7. The molecule has 0 bridgehead atoms. The van der Waals surface area contributed by atoms with Crippen LogP contribution in [0.15, 0.2) is 12.1 Å². The highest BCUT2D eigenvalue weighted by molar-refractivity contribution is 5.92. The fraction of sp³-hybridized carbons (Fsp3) is 0.625. The van der Waals surface area contributed by atoms with Crippen molar-refractivity contribution in [2.75, 3.05) is 26.1 Å².